The maximum atomic E-state index is 12.8. The van der Waals surface area contributed by atoms with Crippen molar-refractivity contribution in [2.45, 2.75) is 24.7 Å². The van der Waals surface area contributed by atoms with Crippen LogP contribution in [0.15, 0.2) is 41.3 Å². The lowest BCUT2D eigenvalue weighted by Gasteiger charge is -2.17. The number of amides is 1. The van der Waals surface area contributed by atoms with Gasteiger partial charge in [-0.15, -0.1) is 11.3 Å². The second-order valence-electron chi connectivity index (χ2n) is 6.63. The van der Waals surface area contributed by atoms with Crippen molar-refractivity contribution in [3.63, 3.8) is 0 Å². The van der Waals surface area contributed by atoms with Crippen molar-refractivity contribution in [1.29, 1.82) is 0 Å². The molecule has 0 radical (unpaired) electrons. The number of aromatic nitrogens is 1. The van der Waals surface area contributed by atoms with E-state index >= 15 is 0 Å². The molecule has 1 N–H and O–H groups in total. The summed E-state index contributed by atoms with van der Waals surface area (Å²) in [4.78, 5) is 17.1. The maximum absolute atomic E-state index is 12.8. The lowest BCUT2D eigenvalue weighted by atomic mass is 10.2. The third kappa shape index (κ3) is 3.65. The Hall–Kier alpha value is -2.00. The largest absolute Gasteiger partial charge is 0.322 e. The number of benzene rings is 2. The molecule has 2 aromatic carbocycles. The molecule has 1 aromatic heterocycles. The Morgan fingerprint density at radius 1 is 1.18 bits per heavy atom. The molecule has 0 atom stereocenters. The summed E-state index contributed by atoms with van der Waals surface area (Å²) in [5.41, 5.74) is 1.74. The van der Waals surface area contributed by atoms with E-state index in [1.807, 2.05) is 19.1 Å². The summed E-state index contributed by atoms with van der Waals surface area (Å²) in [6.07, 6.45) is 1.66. The van der Waals surface area contributed by atoms with E-state index in [-0.39, 0.29) is 15.5 Å². The first-order chi connectivity index (χ1) is 13.3. The second-order valence-corrected chi connectivity index (χ2v) is 10.2. The molecule has 1 aliphatic rings. The van der Waals surface area contributed by atoms with Crippen LogP contribution in [0.25, 0.3) is 10.2 Å². The zero-order chi connectivity index (χ0) is 19.9. The van der Waals surface area contributed by atoms with Crippen molar-refractivity contribution in [1.82, 2.24) is 9.29 Å². The Morgan fingerprint density at radius 2 is 1.93 bits per heavy atom. The van der Waals surface area contributed by atoms with Gasteiger partial charge >= 0.3 is 0 Å². The normalized spacial score (nSPS) is 15.2. The summed E-state index contributed by atoms with van der Waals surface area (Å²) in [5.74, 6) is -0.393. The van der Waals surface area contributed by atoms with Crippen LogP contribution in [0.1, 0.15) is 28.2 Å². The van der Waals surface area contributed by atoms with Crippen molar-refractivity contribution >= 4 is 54.8 Å². The van der Waals surface area contributed by atoms with Gasteiger partial charge in [-0.1, -0.05) is 11.6 Å². The zero-order valence-corrected chi connectivity index (χ0v) is 17.5. The highest BCUT2D eigenvalue weighted by Gasteiger charge is 2.29. The first-order valence-corrected chi connectivity index (χ1v) is 11.5. The van der Waals surface area contributed by atoms with Crippen LogP contribution >= 0.6 is 22.9 Å². The fourth-order valence-electron chi connectivity index (χ4n) is 3.23. The molecule has 1 saturated heterocycles. The van der Waals surface area contributed by atoms with Crippen LogP contribution in [0.4, 0.5) is 5.69 Å². The van der Waals surface area contributed by atoms with Crippen LogP contribution in [0.3, 0.4) is 0 Å². The van der Waals surface area contributed by atoms with Gasteiger partial charge in [-0.2, -0.15) is 4.31 Å². The lowest BCUT2D eigenvalue weighted by molar-refractivity contribution is 0.102. The maximum Gasteiger partial charge on any atom is 0.255 e. The van der Waals surface area contributed by atoms with Gasteiger partial charge in [0.25, 0.3) is 5.91 Å². The van der Waals surface area contributed by atoms with Crippen molar-refractivity contribution in [2.24, 2.45) is 0 Å². The van der Waals surface area contributed by atoms with Crippen LogP contribution < -0.4 is 5.32 Å². The predicted molar refractivity (Wildman–Crippen MR) is 112 cm³/mol. The van der Waals surface area contributed by atoms with Gasteiger partial charge in [-0.25, -0.2) is 13.4 Å². The highest BCUT2D eigenvalue weighted by Crippen LogP contribution is 2.29. The fourth-order valence-corrected chi connectivity index (χ4v) is 6.11. The lowest BCUT2D eigenvalue weighted by Crippen LogP contribution is -2.28. The van der Waals surface area contributed by atoms with Gasteiger partial charge < -0.3 is 5.32 Å². The van der Waals surface area contributed by atoms with Crippen LogP contribution in [-0.4, -0.2) is 36.7 Å². The molecule has 1 aliphatic heterocycles. The third-order valence-corrected chi connectivity index (χ3v) is 7.94. The smallest absolute Gasteiger partial charge is 0.255 e. The number of hydrogen-bond acceptors (Lipinski definition) is 5. The molecule has 1 amide bonds. The molecule has 0 saturated carbocycles. The minimum atomic E-state index is -3.71. The van der Waals surface area contributed by atoms with E-state index in [9.17, 15) is 13.2 Å². The van der Waals surface area contributed by atoms with Crippen molar-refractivity contribution in [3.05, 3.63) is 52.0 Å². The molecule has 0 unspecified atom stereocenters. The van der Waals surface area contributed by atoms with Crippen LogP contribution in [0.2, 0.25) is 5.02 Å². The molecule has 2 heterocycles. The molecular formula is C19H18ClN3O3S2. The molecule has 3 aromatic rings. The molecule has 4 rings (SSSR count). The Balaban J connectivity index is 1.62. The van der Waals surface area contributed by atoms with E-state index in [1.165, 1.54) is 22.5 Å². The highest BCUT2D eigenvalue weighted by molar-refractivity contribution is 7.89. The number of aryl methyl sites for hydroxylation is 1. The van der Waals surface area contributed by atoms with E-state index in [0.29, 0.717) is 18.8 Å². The topological polar surface area (TPSA) is 79.4 Å². The molecule has 28 heavy (non-hydrogen) atoms. The summed E-state index contributed by atoms with van der Waals surface area (Å²) in [7, 11) is -3.71. The van der Waals surface area contributed by atoms with Gasteiger partial charge in [0.1, 0.15) is 4.90 Å². The number of carbonyl (C=O) groups excluding carboxylic acids is 1. The number of fused-ring (bicyclic) bond motifs is 1. The van der Waals surface area contributed by atoms with Crippen LogP contribution in [0, 0.1) is 6.92 Å². The predicted octanol–water partition coefficient (Wildman–Crippen LogP) is 4.29. The average molecular weight is 436 g/mol. The van der Waals surface area contributed by atoms with E-state index in [4.69, 9.17) is 11.6 Å². The van der Waals surface area contributed by atoms with Gasteiger partial charge in [0.05, 0.1) is 20.2 Å². The molecule has 0 spiro atoms. The number of hydrogen-bond donors (Lipinski definition) is 1. The molecule has 0 aliphatic carbocycles. The van der Waals surface area contributed by atoms with Gasteiger partial charge in [0.2, 0.25) is 10.0 Å². The molecule has 1 fully saturated rings. The Bertz CT molecular complexity index is 1170. The highest BCUT2D eigenvalue weighted by atomic mass is 35.5. The van der Waals surface area contributed by atoms with Crippen molar-refractivity contribution < 1.29 is 13.2 Å². The molecule has 6 nitrogen and oxygen atoms in total. The monoisotopic (exact) mass is 435 g/mol. The van der Waals surface area contributed by atoms with Gasteiger partial charge in [-0.05, 0) is 56.2 Å². The quantitative estimate of drug-likeness (QED) is 0.662. The zero-order valence-electron chi connectivity index (χ0n) is 15.1. The van der Waals surface area contributed by atoms with Crippen LogP contribution in [-0.2, 0) is 10.0 Å². The summed E-state index contributed by atoms with van der Waals surface area (Å²) < 4.78 is 28.1. The minimum Gasteiger partial charge on any atom is -0.322 e. The first-order valence-electron chi connectivity index (χ1n) is 8.83. The number of anilines is 1. The average Bonchev–Trinajstić information content (AvgIpc) is 3.30. The minimum absolute atomic E-state index is 0.0303. The Kier molecular flexibility index (Phi) is 5.13. The molecule has 9 heteroatoms. The standard InChI is InChI=1S/C19H18ClN3O3S2/c1-12-21-16-7-5-14(11-17(16)27-12)22-19(24)13-4-6-15(20)18(10-13)28(25,26)23-8-2-3-9-23/h4-7,10-11H,2-3,8-9H2,1H3,(H,22,24). The summed E-state index contributed by atoms with van der Waals surface area (Å²) >= 11 is 7.69. The SMILES string of the molecule is Cc1nc2ccc(NC(=O)c3ccc(Cl)c(S(=O)(=O)N4CCCC4)c3)cc2s1. The van der Waals surface area contributed by atoms with E-state index in [0.717, 1.165) is 28.1 Å². The van der Waals surface area contributed by atoms with Crippen molar-refractivity contribution in [3.8, 4) is 0 Å². The second kappa shape index (κ2) is 7.44. The van der Waals surface area contributed by atoms with Gasteiger partial charge in [-0.3, -0.25) is 4.79 Å². The number of nitrogens with one attached hydrogen (secondary N) is 1. The van der Waals surface area contributed by atoms with E-state index < -0.39 is 15.9 Å². The Labute approximate surface area is 172 Å². The number of thiazole rings is 1. The van der Waals surface area contributed by atoms with Crippen LogP contribution in [0.5, 0.6) is 0 Å². The van der Waals surface area contributed by atoms with E-state index in [1.54, 1.807) is 17.4 Å². The summed E-state index contributed by atoms with van der Waals surface area (Å²) in [5, 5.41) is 3.88. The number of carbonyl (C=O) groups is 1. The van der Waals surface area contributed by atoms with Crippen molar-refractivity contribution in [2.75, 3.05) is 18.4 Å². The number of sulfonamides is 1. The molecule has 146 valence electrons. The number of rotatable bonds is 4. The van der Waals surface area contributed by atoms with E-state index in [2.05, 4.69) is 10.3 Å². The Morgan fingerprint density at radius 3 is 2.68 bits per heavy atom. The van der Waals surface area contributed by atoms with Gasteiger partial charge in [0, 0.05) is 24.3 Å². The molecule has 0 bridgehead atoms. The number of halogens is 1. The first kappa shape index (κ1) is 19.3. The van der Waals surface area contributed by atoms with Gasteiger partial charge in [0.15, 0.2) is 0 Å². The molecular weight excluding hydrogens is 418 g/mol. The number of nitrogens with zero attached hydrogens (tertiary/aromatic N) is 2. The fraction of sp³-hybridized carbons (Fsp3) is 0.263. The third-order valence-electron chi connectivity index (χ3n) is 4.63. The summed E-state index contributed by atoms with van der Waals surface area (Å²) in [6.45, 7) is 2.88. The summed E-state index contributed by atoms with van der Waals surface area (Å²) in [6, 6.07) is 9.80.